The third kappa shape index (κ3) is 4.12. The number of nitrogens with zero attached hydrogens (tertiary/aromatic N) is 1. The van der Waals surface area contributed by atoms with Crippen LogP contribution >= 0.6 is 0 Å². The Morgan fingerprint density at radius 2 is 1.32 bits per heavy atom. The fraction of sp³-hybridized carbons (Fsp3) is 0.172. The Bertz CT molecular complexity index is 1120. The van der Waals surface area contributed by atoms with Crippen molar-refractivity contribution < 1.29 is 0 Å². The molecule has 0 aromatic heterocycles. The first kappa shape index (κ1) is 19.6. The van der Waals surface area contributed by atoms with E-state index in [0.717, 1.165) is 43.7 Å². The number of para-hydroxylation sites is 1. The van der Waals surface area contributed by atoms with Gasteiger partial charge in [0, 0.05) is 25.3 Å². The summed E-state index contributed by atoms with van der Waals surface area (Å²) in [5.41, 5.74) is 16.4. The lowest BCUT2D eigenvalue weighted by atomic mass is 9.86. The second-order valence-corrected chi connectivity index (χ2v) is 8.32. The molecule has 2 nitrogen and oxygen atoms in total. The van der Waals surface area contributed by atoms with Crippen LogP contribution in [-0.4, -0.2) is 24.5 Å². The third-order valence-corrected chi connectivity index (χ3v) is 6.37. The lowest BCUT2D eigenvalue weighted by molar-refractivity contribution is 0.284. The van der Waals surface area contributed by atoms with E-state index in [0.29, 0.717) is 0 Å². The van der Waals surface area contributed by atoms with Gasteiger partial charge >= 0.3 is 0 Å². The van der Waals surface area contributed by atoms with Gasteiger partial charge in [0.15, 0.2) is 0 Å². The predicted molar refractivity (Wildman–Crippen MR) is 133 cm³/mol. The van der Waals surface area contributed by atoms with Crippen molar-refractivity contribution in [3.63, 3.8) is 0 Å². The van der Waals surface area contributed by atoms with Crippen molar-refractivity contribution in [3.8, 4) is 0 Å². The normalized spacial score (nSPS) is 16.3. The highest BCUT2D eigenvalue weighted by atomic mass is 15.1. The van der Waals surface area contributed by atoms with Gasteiger partial charge in [-0.3, -0.25) is 4.90 Å². The van der Waals surface area contributed by atoms with Crippen molar-refractivity contribution in [2.45, 2.75) is 12.8 Å². The number of fused-ring (bicyclic) bond motifs is 2. The van der Waals surface area contributed by atoms with Crippen LogP contribution in [0.15, 0.2) is 84.4 Å². The summed E-state index contributed by atoms with van der Waals surface area (Å²) in [6, 6.07) is 25.7. The molecule has 3 aromatic carbocycles. The van der Waals surface area contributed by atoms with Crippen LogP contribution in [0.3, 0.4) is 0 Å². The maximum Gasteiger partial charge on any atom is 0.0387 e. The standard InChI is InChI=1S/C29H28N2/c30-28-14-6-3-10-24(28)11-7-19-31-20-17-25(18-21-31)29-26-12-4-1-8-22(26)15-16-23-9-2-5-13-27(23)29/h1-16H,17-21,30H2/b11-7+. The molecule has 1 aliphatic heterocycles. The third-order valence-electron chi connectivity index (χ3n) is 6.37. The van der Waals surface area contributed by atoms with Crippen molar-refractivity contribution in [2.75, 3.05) is 25.4 Å². The van der Waals surface area contributed by atoms with Crippen molar-refractivity contribution in [1.82, 2.24) is 4.90 Å². The summed E-state index contributed by atoms with van der Waals surface area (Å²) in [4.78, 5) is 2.53. The van der Waals surface area contributed by atoms with Crippen molar-refractivity contribution in [1.29, 1.82) is 0 Å². The Hall–Kier alpha value is -3.36. The molecule has 1 heterocycles. The van der Waals surface area contributed by atoms with Gasteiger partial charge in [-0.25, -0.2) is 0 Å². The van der Waals surface area contributed by atoms with E-state index in [9.17, 15) is 0 Å². The second-order valence-electron chi connectivity index (χ2n) is 8.32. The minimum Gasteiger partial charge on any atom is -0.398 e. The van der Waals surface area contributed by atoms with Crippen LogP contribution in [-0.2, 0) is 0 Å². The molecule has 2 heteroatoms. The smallest absolute Gasteiger partial charge is 0.0387 e. The molecule has 1 aliphatic carbocycles. The zero-order valence-corrected chi connectivity index (χ0v) is 17.8. The fourth-order valence-electron chi connectivity index (χ4n) is 4.69. The molecule has 1 saturated heterocycles. The number of nitrogens with two attached hydrogens (primary N) is 1. The molecule has 154 valence electrons. The Kier molecular flexibility index (Phi) is 5.56. The van der Waals surface area contributed by atoms with Crippen molar-refractivity contribution in [3.05, 3.63) is 112 Å². The van der Waals surface area contributed by atoms with Crippen LogP contribution in [0.25, 0.3) is 23.8 Å². The van der Waals surface area contributed by atoms with E-state index in [1.165, 1.54) is 27.8 Å². The SMILES string of the molecule is Nc1ccccc1/C=C/CN1CCC(=C2c3ccccc3C=Cc3ccccc32)CC1. The molecule has 2 aliphatic rings. The van der Waals surface area contributed by atoms with Gasteiger partial charge in [-0.05, 0) is 52.3 Å². The van der Waals surface area contributed by atoms with Gasteiger partial charge in [-0.15, -0.1) is 0 Å². The van der Waals surface area contributed by atoms with E-state index < -0.39 is 0 Å². The van der Waals surface area contributed by atoms with Crippen LogP contribution in [0.4, 0.5) is 5.69 Å². The molecule has 0 radical (unpaired) electrons. The molecule has 0 bridgehead atoms. The summed E-state index contributed by atoms with van der Waals surface area (Å²) in [6.07, 6.45) is 11.1. The molecule has 31 heavy (non-hydrogen) atoms. The van der Waals surface area contributed by atoms with Crippen LogP contribution in [0.1, 0.15) is 40.7 Å². The number of likely N-dealkylation sites (tertiary alicyclic amines) is 1. The minimum absolute atomic E-state index is 0.837. The molecule has 5 rings (SSSR count). The number of rotatable bonds is 3. The van der Waals surface area contributed by atoms with Gasteiger partial charge in [-0.1, -0.05) is 96.6 Å². The number of anilines is 1. The molecule has 3 aromatic rings. The molecule has 0 unspecified atom stereocenters. The molecule has 0 spiro atoms. The fourth-order valence-corrected chi connectivity index (χ4v) is 4.69. The van der Waals surface area contributed by atoms with Gasteiger partial charge in [0.1, 0.15) is 0 Å². The molecule has 0 saturated carbocycles. The highest BCUT2D eigenvalue weighted by Gasteiger charge is 2.21. The Morgan fingerprint density at radius 3 is 1.97 bits per heavy atom. The van der Waals surface area contributed by atoms with Gasteiger partial charge in [0.25, 0.3) is 0 Å². The first-order chi connectivity index (χ1) is 15.3. The largest absolute Gasteiger partial charge is 0.398 e. The number of nitrogen functional groups attached to an aromatic ring is 1. The van der Waals surface area contributed by atoms with Crippen LogP contribution in [0.2, 0.25) is 0 Å². The van der Waals surface area contributed by atoms with E-state index >= 15 is 0 Å². The van der Waals surface area contributed by atoms with E-state index in [-0.39, 0.29) is 0 Å². The lowest BCUT2D eigenvalue weighted by Gasteiger charge is -2.29. The molecule has 1 fully saturated rings. The minimum atomic E-state index is 0.837. The molecular formula is C29H28N2. The maximum absolute atomic E-state index is 6.06. The topological polar surface area (TPSA) is 29.3 Å². The maximum atomic E-state index is 6.06. The molecule has 0 atom stereocenters. The molecule has 2 N–H and O–H groups in total. The lowest BCUT2D eigenvalue weighted by Crippen LogP contribution is -2.31. The Morgan fingerprint density at radius 1 is 0.742 bits per heavy atom. The predicted octanol–water partition coefficient (Wildman–Crippen LogP) is 6.36. The van der Waals surface area contributed by atoms with Gasteiger partial charge in [0.05, 0.1) is 0 Å². The van der Waals surface area contributed by atoms with Crippen molar-refractivity contribution >= 4 is 29.5 Å². The van der Waals surface area contributed by atoms with E-state index in [2.05, 4.69) is 83.8 Å². The molecule has 0 amide bonds. The van der Waals surface area contributed by atoms with Crippen LogP contribution < -0.4 is 5.73 Å². The van der Waals surface area contributed by atoms with Gasteiger partial charge in [0.2, 0.25) is 0 Å². The quantitative estimate of drug-likeness (QED) is 0.402. The summed E-state index contributed by atoms with van der Waals surface area (Å²) < 4.78 is 0. The Labute approximate surface area is 185 Å². The zero-order valence-electron chi connectivity index (χ0n) is 17.8. The first-order valence-electron chi connectivity index (χ1n) is 11.1. The van der Waals surface area contributed by atoms with Crippen molar-refractivity contribution in [2.24, 2.45) is 0 Å². The van der Waals surface area contributed by atoms with Gasteiger partial charge < -0.3 is 5.73 Å². The average molecular weight is 405 g/mol. The highest BCUT2D eigenvalue weighted by Crippen LogP contribution is 2.38. The van der Waals surface area contributed by atoms with Crippen LogP contribution in [0.5, 0.6) is 0 Å². The van der Waals surface area contributed by atoms with E-state index in [1.807, 2.05) is 18.2 Å². The highest BCUT2D eigenvalue weighted by molar-refractivity contribution is 5.94. The molecular weight excluding hydrogens is 376 g/mol. The Balaban J connectivity index is 1.38. The van der Waals surface area contributed by atoms with Crippen LogP contribution in [0, 0.1) is 0 Å². The summed E-state index contributed by atoms with van der Waals surface area (Å²) in [6.45, 7) is 3.14. The number of hydrogen-bond acceptors (Lipinski definition) is 2. The second kappa shape index (κ2) is 8.79. The average Bonchev–Trinajstić information content (AvgIpc) is 2.98. The van der Waals surface area contributed by atoms with E-state index in [1.54, 1.807) is 5.57 Å². The van der Waals surface area contributed by atoms with Gasteiger partial charge in [-0.2, -0.15) is 0 Å². The zero-order chi connectivity index (χ0) is 21.0. The number of benzene rings is 3. The number of piperidine rings is 1. The summed E-state index contributed by atoms with van der Waals surface area (Å²) >= 11 is 0. The van der Waals surface area contributed by atoms with E-state index in [4.69, 9.17) is 5.73 Å². The monoisotopic (exact) mass is 404 g/mol. The number of hydrogen-bond donors (Lipinski definition) is 1. The first-order valence-corrected chi connectivity index (χ1v) is 11.1. The summed E-state index contributed by atoms with van der Waals surface area (Å²) in [5.74, 6) is 0. The summed E-state index contributed by atoms with van der Waals surface area (Å²) in [5, 5.41) is 0. The summed E-state index contributed by atoms with van der Waals surface area (Å²) in [7, 11) is 0.